The van der Waals surface area contributed by atoms with Crippen LogP contribution in [0, 0.1) is 5.92 Å². The molecule has 0 radical (unpaired) electrons. The largest absolute Gasteiger partial charge is 0.396 e. The minimum absolute atomic E-state index is 0.0680. The van der Waals surface area contributed by atoms with Crippen molar-refractivity contribution in [3.8, 4) is 0 Å². The van der Waals surface area contributed by atoms with Crippen LogP contribution in [0.25, 0.3) is 0 Å². The first-order valence-corrected chi connectivity index (χ1v) is 3.87. The smallest absolute Gasteiger partial charge is 0.0927 e. The van der Waals surface area contributed by atoms with E-state index >= 15 is 0 Å². The summed E-state index contributed by atoms with van der Waals surface area (Å²) in [5.41, 5.74) is 0. The molecule has 0 aliphatic carbocycles. The van der Waals surface area contributed by atoms with Crippen molar-refractivity contribution in [2.75, 3.05) is 13.2 Å². The maximum absolute atomic E-state index is 9.36. The zero-order valence-corrected chi connectivity index (χ0v) is 6.57. The minimum Gasteiger partial charge on any atom is -0.396 e. The Balaban J connectivity index is 2.55. The molecule has 0 unspecified atom stereocenters. The molecular weight excluding hydrogens is 146 g/mol. The predicted molar refractivity (Wildman–Crippen MR) is 40.1 cm³/mol. The first-order valence-electron chi connectivity index (χ1n) is 3.87. The minimum atomic E-state index is -0.795. The molecule has 0 spiro atoms. The molecule has 0 aromatic rings. The van der Waals surface area contributed by atoms with Crippen LogP contribution in [0.4, 0.5) is 0 Å². The summed E-state index contributed by atoms with van der Waals surface area (Å²) in [6.45, 7) is 2.20. The summed E-state index contributed by atoms with van der Waals surface area (Å²) in [6.07, 6.45) is -1.54. The molecule has 0 bridgehead atoms. The SMILES string of the molecule is C[C@H]1NC[C@@H](O)[C@@H](O)[C@@H]1CO. The van der Waals surface area contributed by atoms with Gasteiger partial charge >= 0.3 is 0 Å². The Bertz CT molecular complexity index is 131. The van der Waals surface area contributed by atoms with Gasteiger partial charge in [-0.1, -0.05) is 0 Å². The number of rotatable bonds is 1. The fourth-order valence-corrected chi connectivity index (χ4v) is 1.43. The molecule has 4 nitrogen and oxygen atoms in total. The molecule has 1 saturated heterocycles. The highest BCUT2D eigenvalue weighted by atomic mass is 16.3. The molecule has 4 atom stereocenters. The lowest BCUT2D eigenvalue weighted by molar-refractivity contribution is -0.0638. The lowest BCUT2D eigenvalue weighted by Gasteiger charge is -2.36. The molecule has 1 heterocycles. The summed E-state index contributed by atoms with van der Waals surface area (Å²) in [6, 6.07) is 0.0680. The van der Waals surface area contributed by atoms with E-state index in [1.807, 2.05) is 6.92 Å². The fourth-order valence-electron chi connectivity index (χ4n) is 1.43. The van der Waals surface area contributed by atoms with Gasteiger partial charge in [0.2, 0.25) is 0 Å². The Morgan fingerprint density at radius 1 is 1.45 bits per heavy atom. The molecule has 0 amide bonds. The second-order valence-electron chi connectivity index (χ2n) is 3.10. The third-order valence-corrected chi connectivity index (χ3v) is 2.33. The predicted octanol–water partition coefficient (Wildman–Crippen LogP) is -1.69. The molecular formula is C7H15NO3. The van der Waals surface area contributed by atoms with Crippen LogP contribution in [0.3, 0.4) is 0 Å². The van der Waals surface area contributed by atoms with E-state index in [-0.39, 0.29) is 18.6 Å². The standard InChI is InChI=1S/C7H15NO3/c1-4-5(3-9)7(11)6(10)2-8-4/h4-11H,2-3H2,1H3/t4-,5-,6-,7+/m1/s1. The number of aliphatic hydroxyl groups excluding tert-OH is 3. The Kier molecular flexibility index (Phi) is 2.84. The van der Waals surface area contributed by atoms with Crippen LogP contribution in [0.1, 0.15) is 6.92 Å². The number of aliphatic hydroxyl groups is 3. The van der Waals surface area contributed by atoms with E-state index in [4.69, 9.17) is 5.11 Å². The van der Waals surface area contributed by atoms with E-state index in [1.165, 1.54) is 0 Å². The van der Waals surface area contributed by atoms with Crippen molar-refractivity contribution in [2.24, 2.45) is 5.92 Å². The van der Waals surface area contributed by atoms with E-state index in [2.05, 4.69) is 5.32 Å². The van der Waals surface area contributed by atoms with Crippen molar-refractivity contribution in [1.29, 1.82) is 0 Å². The average Bonchev–Trinajstić information content (AvgIpc) is 1.99. The highest BCUT2D eigenvalue weighted by molar-refractivity contribution is 4.89. The van der Waals surface area contributed by atoms with Gasteiger partial charge < -0.3 is 20.6 Å². The second kappa shape index (κ2) is 3.49. The number of nitrogens with one attached hydrogen (secondary N) is 1. The lowest BCUT2D eigenvalue weighted by atomic mass is 9.88. The molecule has 1 rings (SSSR count). The lowest BCUT2D eigenvalue weighted by Crippen LogP contribution is -2.56. The molecule has 0 aromatic carbocycles. The number of hydrogen-bond donors (Lipinski definition) is 4. The highest BCUT2D eigenvalue weighted by Crippen LogP contribution is 2.16. The Labute approximate surface area is 65.9 Å². The van der Waals surface area contributed by atoms with Crippen molar-refractivity contribution in [1.82, 2.24) is 5.32 Å². The highest BCUT2D eigenvalue weighted by Gasteiger charge is 2.34. The van der Waals surface area contributed by atoms with Crippen LogP contribution >= 0.6 is 0 Å². The first kappa shape index (κ1) is 8.93. The van der Waals surface area contributed by atoms with Crippen molar-refractivity contribution in [3.63, 3.8) is 0 Å². The van der Waals surface area contributed by atoms with Gasteiger partial charge in [-0.3, -0.25) is 0 Å². The van der Waals surface area contributed by atoms with E-state index in [1.54, 1.807) is 0 Å². The van der Waals surface area contributed by atoms with Gasteiger partial charge in [0.05, 0.1) is 12.2 Å². The van der Waals surface area contributed by atoms with Crippen molar-refractivity contribution < 1.29 is 15.3 Å². The molecule has 1 aliphatic heterocycles. The molecule has 66 valence electrons. The molecule has 1 aliphatic rings. The van der Waals surface area contributed by atoms with Gasteiger partial charge in [-0.2, -0.15) is 0 Å². The average molecular weight is 161 g/mol. The maximum Gasteiger partial charge on any atom is 0.0927 e. The number of hydrogen-bond acceptors (Lipinski definition) is 4. The maximum atomic E-state index is 9.36. The normalized spacial score (nSPS) is 45.8. The molecule has 0 aromatic heterocycles. The van der Waals surface area contributed by atoms with Gasteiger partial charge in [-0.15, -0.1) is 0 Å². The summed E-state index contributed by atoms with van der Waals surface area (Å²) < 4.78 is 0. The second-order valence-corrected chi connectivity index (χ2v) is 3.10. The van der Waals surface area contributed by atoms with Gasteiger partial charge in [-0.05, 0) is 6.92 Å². The number of β-amino-alcohol motifs (C(OH)–C–C–N with tert-alkyl or cyclic N) is 1. The number of piperidine rings is 1. The summed E-state index contributed by atoms with van der Waals surface area (Å²) in [5.74, 6) is -0.251. The molecule has 4 heteroatoms. The van der Waals surface area contributed by atoms with Gasteiger partial charge in [0, 0.05) is 25.1 Å². The van der Waals surface area contributed by atoms with Crippen LogP contribution in [0.15, 0.2) is 0 Å². The summed E-state index contributed by atoms with van der Waals surface area (Å²) in [7, 11) is 0. The Hall–Kier alpha value is -0.160. The van der Waals surface area contributed by atoms with E-state index in [9.17, 15) is 10.2 Å². The van der Waals surface area contributed by atoms with Crippen molar-refractivity contribution in [2.45, 2.75) is 25.2 Å². The zero-order valence-electron chi connectivity index (χ0n) is 6.57. The van der Waals surface area contributed by atoms with E-state index in [0.717, 1.165) is 0 Å². The van der Waals surface area contributed by atoms with Crippen LogP contribution in [0.5, 0.6) is 0 Å². The Morgan fingerprint density at radius 2 is 2.09 bits per heavy atom. The molecule has 0 saturated carbocycles. The topological polar surface area (TPSA) is 72.7 Å². The molecule has 11 heavy (non-hydrogen) atoms. The van der Waals surface area contributed by atoms with Crippen LogP contribution in [-0.4, -0.2) is 46.7 Å². The first-order chi connectivity index (χ1) is 5.16. The molecule has 4 N–H and O–H groups in total. The van der Waals surface area contributed by atoms with Gasteiger partial charge in [0.15, 0.2) is 0 Å². The van der Waals surface area contributed by atoms with Gasteiger partial charge in [0.1, 0.15) is 0 Å². The zero-order chi connectivity index (χ0) is 8.43. The van der Waals surface area contributed by atoms with Crippen molar-refractivity contribution in [3.05, 3.63) is 0 Å². The van der Waals surface area contributed by atoms with Gasteiger partial charge in [-0.25, -0.2) is 0 Å². The van der Waals surface area contributed by atoms with Crippen LogP contribution in [0.2, 0.25) is 0 Å². The fraction of sp³-hybridized carbons (Fsp3) is 1.00. The third-order valence-electron chi connectivity index (χ3n) is 2.33. The third kappa shape index (κ3) is 1.70. The van der Waals surface area contributed by atoms with E-state index < -0.39 is 12.2 Å². The van der Waals surface area contributed by atoms with Gasteiger partial charge in [0.25, 0.3) is 0 Å². The summed E-state index contributed by atoms with van der Waals surface area (Å²) in [5, 5.41) is 30.4. The van der Waals surface area contributed by atoms with E-state index in [0.29, 0.717) is 6.54 Å². The summed E-state index contributed by atoms with van der Waals surface area (Å²) in [4.78, 5) is 0. The Morgan fingerprint density at radius 3 is 2.55 bits per heavy atom. The van der Waals surface area contributed by atoms with Crippen LogP contribution in [-0.2, 0) is 0 Å². The molecule has 1 fully saturated rings. The van der Waals surface area contributed by atoms with Crippen LogP contribution < -0.4 is 5.32 Å². The summed E-state index contributed by atoms with van der Waals surface area (Å²) >= 11 is 0. The van der Waals surface area contributed by atoms with Crippen molar-refractivity contribution >= 4 is 0 Å². The quantitative estimate of drug-likeness (QED) is 0.370. The monoisotopic (exact) mass is 161 g/mol.